The molecule has 1 aromatic carbocycles. The maximum atomic E-state index is 13.3. The van der Waals surface area contributed by atoms with Crippen LogP contribution in [0.2, 0.25) is 0 Å². The lowest BCUT2D eigenvalue weighted by atomic mass is 9.99. The van der Waals surface area contributed by atoms with E-state index in [-0.39, 0.29) is 31.1 Å². The van der Waals surface area contributed by atoms with Gasteiger partial charge in [-0.2, -0.15) is 0 Å². The predicted octanol–water partition coefficient (Wildman–Crippen LogP) is 0.324. The number of benzene rings is 1. The van der Waals surface area contributed by atoms with Crippen LogP contribution < -0.4 is 15.6 Å². The Hall–Kier alpha value is -2.85. The average Bonchev–Trinajstić information content (AvgIpc) is 2.79. The Morgan fingerprint density at radius 3 is 2.58 bits per heavy atom. The Morgan fingerprint density at radius 1 is 1.16 bits per heavy atom. The summed E-state index contributed by atoms with van der Waals surface area (Å²) >= 11 is 0. The van der Waals surface area contributed by atoms with Gasteiger partial charge in [0.2, 0.25) is 0 Å². The molecule has 3 aromatic rings. The van der Waals surface area contributed by atoms with Crippen LogP contribution in [0, 0.1) is 5.82 Å². The van der Waals surface area contributed by atoms with E-state index in [1.54, 1.807) is 24.4 Å². The number of nitrogens with zero attached hydrogens (tertiary/aromatic N) is 2. The number of pyridine rings is 2. The molecule has 1 aliphatic heterocycles. The Morgan fingerprint density at radius 2 is 1.90 bits per heavy atom. The highest BCUT2D eigenvalue weighted by atomic mass is 19.1. The minimum absolute atomic E-state index is 0.0299. The van der Waals surface area contributed by atoms with E-state index in [1.165, 1.54) is 16.7 Å². The lowest BCUT2D eigenvalue weighted by molar-refractivity contribution is -0.0511. The van der Waals surface area contributed by atoms with Crippen LogP contribution in [0.3, 0.4) is 0 Å². The van der Waals surface area contributed by atoms with Crippen LogP contribution >= 0.6 is 0 Å². The summed E-state index contributed by atoms with van der Waals surface area (Å²) in [4.78, 5) is 17.7. The molecular weight excluding hydrogens is 405 g/mol. The molecule has 0 spiro atoms. The van der Waals surface area contributed by atoms with Gasteiger partial charge in [0.15, 0.2) is 11.4 Å². The number of nitrogens with one attached hydrogen (secondary N) is 1. The summed E-state index contributed by atoms with van der Waals surface area (Å²) in [5.41, 5.74) is 1.33. The molecule has 0 saturated heterocycles. The van der Waals surface area contributed by atoms with E-state index in [2.05, 4.69) is 10.3 Å². The molecule has 0 amide bonds. The first kappa shape index (κ1) is 21.4. The molecule has 164 valence electrons. The van der Waals surface area contributed by atoms with Crippen LogP contribution in [-0.4, -0.2) is 56.8 Å². The van der Waals surface area contributed by atoms with Gasteiger partial charge in [-0.25, -0.2) is 4.39 Å². The van der Waals surface area contributed by atoms with Crippen molar-refractivity contribution in [1.82, 2.24) is 14.9 Å². The van der Waals surface area contributed by atoms with Crippen molar-refractivity contribution >= 4 is 11.0 Å². The molecule has 2 aromatic heterocycles. The quantitative estimate of drug-likeness (QED) is 0.381. The molecule has 0 aliphatic carbocycles. The van der Waals surface area contributed by atoms with Crippen molar-refractivity contribution in [2.75, 3.05) is 26.4 Å². The Bertz CT molecular complexity index is 1140. The summed E-state index contributed by atoms with van der Waals surface area (Å²) in [6.07, 6.45) is 2.01. The maximum absolute atomic E-state index is 13.3. The van der Waals surface area contributed by atoms with Crippen LogP contribution in [0.5, 0.6) is 5.75 Å². The summed E-state index contributed by atoms with van der Waals surface area (Å²) in [7, 11) is 0. The van der Waals surface area contributed by atoms with Gasteiger partial charge < -0.3 is 25.4 Å². The number of aliphatic hydroxyl groups is 3. The van der Waals surface area contributed by atoms with Crippen molar-refractivity contribution in [2.24, 2.45) is 0 Å². The number of rotatable bonds is 8. The molecule has 4 N–H and O–H groups in total. The standard InChI is InChI=1S/C22H24FN3O5/c23-17-3-1-14(2-4-17)7-15-10-25-18-8-16(9-24-5-6-27)21(30)26-11-22(12-28,13-29)31-20(15)19(18)26/h1-4,8,10,24,27-29H,5-7,9,11-13H2. The molecule has 4 rings (SSSR count). The fourth-order valence-electron chi connectivity index (χ4n) is 3.80. The number of aromatic nitrogens is 2. The van der Waals surface area contributed by atoms with Gasteiger partial charge in [-0.05, 0) is 23.8 Å². The molecule has 0 saturated carbocycles. The number of ether oxygens (including phenoxy) is 1. The van der Waals surface area contributed by atoms with Crippen molar-refractivity contribution < 1.29 is 24.4 Å². The van der Waals surface area contributed by atoms with Gasteiger partial charge in [-0.1, -0.05) is 12.1 Å². The fraction of sp³-hybridized carbons (Fsp3) is 0.364. The fourth-order valence-corrected chi connectivity index (χ4v) is 3.80. The summed E-state index contributed by atoms with van der Waals surface area (Å²) < 4.78 is 20.9. The van der Waals surface area contributed by atoms with Gasteiger partial charge in [0.1, 0.15) is 11.3 Å². The molecule has 0 bridgehead atoms. The molecule has 1 aliphatic rings. The molecule has 8 nitrogen and oxygen atoms in total. The topological polar surface area (TPSA) is 117 Å². The highest BCUT2D eigenvalue weighted by molar-refractivity contribution is 5.84. The van der Waals surface area contributed by atoms with Crippen LogP contribution in [0.1, 0.15) is 16.7 Å². The SMILES string of the molecule is O=c1c(CNCCO)cc2ncc(Cc3ccc(F)cc3)c3c2n1CC(CO)(CO)O3. The van der Waals surface area contributed by atoms with Crippen molar-refractivity contribution in [1.29, 1.82) is 0 Å². The molecule has 0 fully saturated rings. The van der Waals surface area contributed by atoms with E-state index < -0.39 is 18.8 Å². The minimum Gasteiger partial charge on any atom is -0.478 e. The third-order valence-electron chi connectivity index (χ3n) is 5.46. The highest BCUT2D eigenvalue weighted by Crippen LogP contribution is 2.37. The van der Waals surface area contributed by atoms with Crippen LogP contribution in [0.15, 0.2) is 41.3 Å². The van der Waals surface area contributed by atoms with E-state index in [4.69, 9.17) is 9.84 Å². The van der Waals surface area contributed by atoms with Gasteiger partial charge in [0.05, 0.1) is 31.9 Å². The highest BCUT2D eigenvalue weighted by Gasteiger charge is 2.39. The zero-order valence-electron chi connectivity index (χ0n) is 16.8. The molecule has 0 unspecified atom stereocenters. The van der Waals surface area contributed by atoms with E-state index in [1.807, 2.05) is 0 Å². The smallest absolute Gasteiger partial charge is 0.255 e. The lowest BCUT2D eigenvalue weighted by Gasteiger charge is -2.37. The van der Waals surface area contributed by atoms with E-state index in [0.29, 0.717) is 40.9 Å². The van der Waals surface area contributed by atoms with Crippen molar-refractivity contribution in [2.45, 2.75) is 25.1 Å². The Kier molecular flexibility index (Phi) is 6.01. The van der Waals surface area contributed by atoms with Crippen LogP contribution in [-0.2, 0) is 19.5 Å². The van der Waals surface area contributed by atoms with Crippen molar-refractivity contribution in [3.8, 4) is 5.75 Å². The average molecular weight is 429 g/mol. The second-order valence-electron chi connectivity index (χ2n) is 7.71. The third kappa shape index (κ3) is 4.05. The largest absolute Gasteiger partial charge is 0.478 e. The van der Waals surface area contributed by atoms with Gasteiger partial charge in [0.25, 0.3) is 5.56 Å². The summed E-state index contributed by atoms with van der Waals surface area (Å²) in [6.45, 7) is -0.464. The van der Waals surface area contributed by atoms with E-state index in [9.17, 15) is 19.4 Å². The minimum atomic E-state index is -1.36. The first-order valence-electron chi connectivity index (χ1n) is 10.0. The first-order valence-corrected chi connectivity index (χ1v) is 10.0. The zero-order valence-corrected chi connectivity index (χ0v) is 16.8. The number of hydrogen-bond donors (Lipinski definition) is 4. The molecule has 3 heterocycles. The molecular formula is C22H24FN3O5. The van der Waals surface area contributed by atoms with Crippen molar-refractivity contribution in [3.63, 3.8) is 0 Å². The normalized spacial score (nSPS) is 14.6. The number of aliphatic hydroxyl groups excluding tert-OH is 3. The summed E-state index contributed by atoms with van der Waals surface area (Å²) in [5.74, 6) is 0.0318. The van der Waals surface area contributed by atoms with Gasteiger partial charge in [-0.3, -0.25) is 14.3 Å². The zero-order chi connectivity index (χ0) is 22.0. The van der Waals surface area contributed by atoms with Crippen LogP contribution in [0.4, 0.5) is 4.39 Å². The first-order chi connectivity index (χ1) is 15.0. The van der Waals surface area contributed by atoms with Crippen molar-refractivity contribution in [3.05, 3.63) is 69.4 Å². The summed E-state index contributed by atoms with van der Waals surface area (Å²) in [5, 5.41) is 31.9. The Labute approximate surface area is 177 Å². The second-order valence-corrected chi connectivity index (χ2v) is 7.71. The molecule has 9 heteroatoms. The second kappa shape index (κ2) is 8.72. The lowest BCUT2D eigenvalue weighted by Crippen LogP contribution is -2.52. The number of hydrogen-bond acceptors (Lipinski definition) is 7. The van der Waals surface area contributed by atoms with Gasteiger partial charge >= 0.3 is 0 Å². The Balaban J connectivity index is 1.86. The molecule has 0 atom stereocenters. The predicted molar refractivity (Wildman–Crippen MR) is 112 cm³/mol. The van der Waals surface area contributed by atoms with Crippen LogP contribution in [0.25, 0.3) is 11.0 Å². The third-order valence-corrected chi connectivity index (χ3v) is 5.46. The maximum Gasteiger partial charge on any atom is 0.255 e. The molecule has 0 radical (unpaired) electrons. The monoisotopic (exact) mass is 429 g/mol. The van der Waals surface area contributed by atoms with Gasteiger partial charge in [-0.15, -0.1) is 0 Å². The molecule has 31 heavy (non-hydrogen) atoms. The summed E-state index contributed by atoms with van der Waals surface area (Å²) in [6, 6.07) is 7.72. The van der Waals surface area contributed by atoms with E-state index >= 15 is 0 Å². The van der Waals surface area contributed by atoms with Gasteiger partial charge in [0, 0.05) is 36.8 Å². The van der Waals surface area contributed by atoms with E-state index in [0.717, 1.165) is 5.56 Å². The number of halogens is 1.